The van der Waals surface area contributed by atoms with Gasteiger partial charge in [-0.15, -0.1) is 0 Å². The Balaban J connectivity index is 3.92. The third-order valence-electron chi connectivity index (χ3n) is 18.9. The van der Waals surface area contributed by atoms with Crippen LogP contribution in [0.1, 0.15) is 406 Å². The molecule has 1 amide bonds. The number of likely N-dealkylation sites (N-methyl/N-ethyl adjacent to an activating group) is 1. The maximum Gasteiger partial charge on any atom is 0.268 e. The quantitative estimate of drug-likeness (QED) is 0.0272. The molecule has 0 bridgehead atoms. The number of allylic oxidation sites excluding steroid dienone is 14. The highest BCUT2D eigenvalue weighted by Crippen LogP contribution is 2.38. The van der Waals surface area contributed by atoms with Crippen LogP contribution < -0.4 is 10.2 Å². The molecule has 0 saturated carbocycles. The van der Waals surface area contributed by atoms with Crippen molar-refractivity contribution >= 4 is 13.7 Å². The Morgan fingerprint density at radius 1 is 0.379 bits per heavy atom. The number of aliphatic hydroxyl groups is 1. The van der Waals surface area contributed by atoms with Crippen molar-refractivity contribution in [2.24, 2.45) is 0 Å². The van der Waals surface area contributed by atoms with Crippen LogP contribution in [0, 0.1) is 0 Å². The molecule has 0 fully saturated rings. The molecular formula is C86H161N2O6P. The zero-order chi connectivity index (χ0) is 69.0. The van der Waals surface area contributed by atoms with Gasteiger partial charge in [0.1, 0.15) is 13.2 Å². The van der Waals surface area contributed by atoms with Gasteiger partial charge in [-0.1, -0.05) is 414 Å². The van der Waals surface area contributed by atoms with Crippen molar-refractivity contribution in [1.29, 1.82) is 0 Å². The molecule has 0 aromatic heterocycles. The van der Waals surface area contributed by atoms with E-state index in [1.807, 2.05) is 21.1 Å². The summed E-state index contributed by atoms with van der Waals surface area (Å²) in [5.41, 5.74) is 0. The highest BCUT2D eigenvalue weighted by atomic mass is 31.2. The van der Waals surface area contributed by atoms with E-state index in [1.165, 1.54) is 295 Å². The monoisotopic (exact) mass is 1350 g/mol. The molecule has 3 unspecified atom stereocenters. The van der Waals surface area contributed by atoms with Gasteiger partial charge in [-0.25, -0.2) is 0 Å². The van der Waals surface area contributed by atoms with Crippen molar-refractivity contribution in [3.05, 3.63) is 85.1 Å². The lowest BCUT2D eigenvalue weighted by Crippen LogP contribution is -2.46. The SMILES string of the molecule is CC/C=C\C/C=C\C/C=C\C/C=C\C/C=C\C/C=C\C/C=C\CCCCCCCCCCCCCCCCCCCCCC(=O)NC(COP(=O)([O-])OCC[N+](C)(C)C)C(O)CCCCCCCCCCCCCCCCCCCCCCCCCCCCCCCCCC. The Bertz CT molecular complexity index is 1830. The number of quaternary nitrogens is 1. The third-order valence-corrected chi connectivity index (χ3v) is 19.9. The summed E-state index contributed by atoms with van der Waals surface area (Å²) in [5, 5.41) is 14.2. The van der Waals surface area contributed by atoms with Crippen LogP contribution >= 0.6 is 7.82 Å². The van der Waals surface area contributed by atoms with Crippen LogP contribution in [-0.2, 0) is 18.4 Å². The molecule has 0 spiro atoms. The fourth-order valence-electron chi connectivity index (χ4n) is 12.6. The molecule has 0 aliphatic carbocycles. The Hall–Kier alpha value is -2.32. The number of aliphatic hydroxyl groups excluding tert-OH is 1. The topological polar surface area (TPSA) is 108 Å². The minimum Gasteiger partial charge on any atom is -0.756 e. The lowest BCUT2D eigenvalue weighted by molar-refractivity contribution is -0.870. The van der Waals surface area contributed by atoms with Gasteiger partial charge in [-0.05, 0) is 70.6 Å². The van der Waals surface area contributed by atoms with Crippen LogP contribution in [0.15, 0.2) is 85.1 Å². The zero-order valence-electron chi connectivity index (χ0n) is 63.9. The number of phosphoric ester groups is 1. The fraction of sp³-hybridized carbons (Fsp3) is 0.826. The first-order valence-corrected chi connectivity index (χ1v) is 42.9. The second-order valence-corrected chi connectivity index (χ2v) is 30.9. The summed E-state index contributed by atoms with van der Waals surface area (Å²) in [4.78, 5) is 25.8. The van der Waals surface area contributed by atoms with Crippen molar-refractivity contribution in [2.75, 3.05) is 40.9 Å². The number of amides is 1. The summed E-state index contributed by atoms with van der Waals surface area (Å²) < 4.78 is 23.6. The average Bonchev–Trinajstić information content (AvgIpc) is 2.01. The Labute approximate surface area is 592 Å². The number of hydrogen-bond acceptors (Lipinski definition) is 6. The summed E-state index contributed by atoms with van der Waals surface area (Å²) in [6.45, 7) is 4.66. The summed E-state index contributed by atoms with van der Waals surface area (Å²) in [7, 11) is 1.32. The highest BCUT2D eigenvalue weighted by molar-refractivity contribution is 7.45. The predicted octanol–water partition coefficient (Wildman–Crippen LogP) is 26.8. The minimum atomic E-state index is -4.59. The fourth-order valence-corrected chi connectivity index (χ4v) is 13.3. The number of carbonyl (C=O) groups is 1. The second kappa shape index (κ2) is 75.9. The van der Waals surface area contributed by atoms with E-state index in [1.54, 1.807) is 0 Å². The van der Waals surface area contributed by atoms with Crippen LogP contribution in [0.4, 0.5) is 0 Å². The molecule has 2 N–H and O–H groups in total. The van der Waals surface area contributed by atoms with E-state index in [9.17, 15) is 19.4 Å². The molecule has 3 atom stereocenters. The van der Waals surface area contributed by atoms with Crippen molar-refractivity contribution in [3.63, 3.8) is 0 Å². The van der Waals surface area contributed by atoms with Gasteiger partial charge in [-0.2, -0.15) is 0 Å². The van der Waals surface area contributed by atoms with Crippen LogP contribution in [0.3, 0.4) is 0 Å². The van der Waals surface area contributed by atoms with Crippen LogP contribution in [0.5, 0.6) is 0 Å². The van der Waals surface area contributed by atoms with E-state index in [2.05, 4.69) is 104 Å². The number of rotatable bonds is 77. The third kappa shape index (κ3) is 78.9. The van der Waals surface area contributed by atoms with Crippen molar-refractivity contribution < 1.29 is 32.9 Å². The summed E-state index contributed by atoms with van der Waals surface area (Å²) >= 11 is 0. The molecule has 9 heteroatoms. The van der Waals surface area contributed by atoms with E-state index in [-0.39, 0.29) is 19.1 Å². The first-order valence-electron chi connectivity index (χ1n) is 41.4. The smallest absolute Gasteiger partial charge is 0.268 e. The molecule has 0 saturated heterocycles. The van der Waals surface area contributed by atoms with Gasteiger partial charge >= 0.3 is 0 Å². The molecule has 0 rings (SSSR count). The average molecular weight is 1350 g/mol. The van der Waals surface area contributed by atoms with Crippen LogP contribution in [0.2, 0.25) is 0 Å². The Kier molecular flexibility index (Phi) is 74.0. The summed E-state index contributed by atoms with van der Waals surface area (Å²) in [6, 6.07) is -0.805. The van der Waals surface area contributed by atoms with Crippen molar-refractivity contribution in [3.8, 4) is 0 Å². The maximum absolute atomic E-state index is 13.1. The zero-order valence-corrected chi connectivity index (χ0v) is 64.8. The van der Waals surface area contributed by atoms with E-state index >= 15 is 0 Å². The van der Waals surface area contributed by atoms with Crippen LogP contribution in [0.25, 0.3) is 0 Å². The molecule has 0 aliphatic rings. The molecule has 0 radical (unpaired) electrons. The molecule has 556 valence electrons. The van der Waals surface area contributed by atoms with Gasteiger partial charge in [-0.3, -0.25) is 9.36 Å². The molecule has 0 aromatic rings. The largest absolute Gasteiger partial charge is 0.756 e. The van der Waals surface area contributed by atoms with Crippen molar-refractivity contribution in [1.82, 2.24) is 5.32 Å². The van der Waals surface area contributed by atoms with E-state index in [4.69, 9.17) is 9.05 Å². The molecular weight excluding hydrogens is 1190 g/mol. The van der Waals surface area contributed by atoms with Gasteiger partial charge in [0.15, 0.2) is 0 Å². The van der Waals surface area contributed by atoms with Crippen molar-refractivity contribution in [2.45, 2.75) is 418 Å². The lowest BCUT2D eigenvalue weighted by atomic mass is 10.0. The predicted molar refractivity (Wildman–Crippen MR) is 417 cm³/mol. The van der Waals surface area contributed by atoms with Gasteiger partial charge < -0.3 is 28.8 Å². The van der Waals surface area contributed by atoms with Gasteiger partial charge in [0.25, 0.3) is 7.82 Å². The van der Waals surface area contributed by atoms with Gasteiger partial charge in [0, 0.05) is 6.42 Å². The first kappa shape index (κ1) is 92.7. The molecule has 0 aromatic carbocycles. The maximum atomic E-state index is 13.1. The number of nitrogens with one attached hydrogen (secondary N) is 1. The molecule has 8 nitrogen and oxygen atoms in total. The number of carbonyl (C=O) groups excluding carboxylic acids is 1. The number of phosphoric acid groups is 1. The van der Waals surface area contributed by atoms with E-state index in [0.717, 1.165) is 83.5 Å². The second-order valence-electron chi connectivity index (χ2n) is 29.5. The van der Waals surface area contributed by atoms with Crippen LogP contribution in [-0.4, -0.2) is 68.5 Å². The minimum absolute atomic E-state index is 0.0124. The lowest BCUT2D eigenvalue weighted by Gasteiger charge is -2.30. The summed E-state index contributed by atoms with van der Waals surface area (Å²) in [5.74, 6) is -0.158. The number of hydrogen-bond donors (Lipinski definition) is 2. The van der Waals surface area contributed by atoms with E-state index < -0.39 is 20.0 Å². The first-order chi connectivity index (χ1) is 46.5. The highest BCUT2D eigenvalue weighted by Gasteiger charge is 2.24. The van der Waals surface area contributed by atoms with E-state index in [0.29, 0.717) is 23.9 Å². The Morgan fingerprint density at radius 3 is 0.937 bits per heavy atom. The summed E-state index contributed by atoms with van der Waals surface area (Å²) in [6.07, 6.45) is 109. The number of unbranched alkanes of at least 4 members (excludes halogenated alkanes) is 50. The Morgan fingerprint density at radius 2 is 0.642 bits per heavy atom. The molecule has 95 heavy (non-hydrogen) atoms. The van der Waals surface area contributed by atoms with Gasteiger partial charge in [0.05, 0.1) is 39.9 Å². The molecule has 0 aliphatic heterocycles. The molecule has 0 heterocycles. The van der Waals surface area contributed by atoms with Gasteiger partial charge in [0.2, 0.25) is 5.91 Å². The number of nitrogens with zero attached hydrogens (tertiary/aromatic N) is 1. The normalized spacial score (nSPS) is 13.9. The standard InChI is InChI=1S/C86H161N2O6P/c1-6-8-10-12-14-16-18-20-22-24-26-28-30-32-34-36-38-40-41-42-43-44-45-46-47-48-50-52-54-56-58-60-62-64-66-68-70-72-74-76-78-80-86(90)87-84(83-94-95(91,92)93-82-81-88(3,4)5)85(89)79-77-75-73-71-69-67-65-63-61-59-57-55-53-51-49-39-37-35-33-31-29-27-25-23-21-19-17-15-13-11-9-7-2/h8,10,14,16,20,22,26,28,32,34,38,40,42-43,84-85,89H,6-7,9,11-13,15,17-19,21,23-25,27,29-31,33,35-37,39,41,44-83H2,1-5H3,(H-,87,90,91,92)/b10-8-,16-14-,22-20-,28-26-,34-32-,40-38-,43-42-.